The first-order valence-electron chi connectivity index (χ1n) is 8.77. The molecule has 0 heterocycles. The molecule has 28 heavy (non-hydrogen) atoms. The summed E-state index contributed by atoms with van der Waals surface area (Å²) >= 11 is 0. The molecule has 2 aromatic rings. The number of hydrogen-bond donors (Lipinski definition) is 4. The zero-order valence-corrected chi connectivity index (χ0v) is 16.5. The second-order valence-corrected chi connectivity index (χ2v) is 8.04. The molecule has 2 atom stereocenters. The first kappa shape index (κ1) is 21.2. The number of rotatable bonds is 8. The number of benzene rings is 2. The van der Waals surface area contributed by atoms with Crippen LogP contribution in [0.3, 0.4) is 0 Å². The molecule has 0 saturated carbocycles. The van der Waals surface area contributed by atoms with Gasteiger partial charge in [-0.05, 0) is 42.3 Å². The third-order valence-corrected chi connectivity index (χ3v) is 5.65. The van der Waals surface area contributed by atoms with E-state index in [9.17, 15) is 18.0 Å². The van der Waals surface area contributed by atoms with Gasteiger partial charge >= 0.3 is 6.03 Å². The van der Waals surface area contributed by atoms with Gasteiger partial charge in [-0.15, -0.1) is 0 Å². The van der Waals surface area contributed by atoms with Gasteiger partial charge in [0.1, 0.15) is 6.04 Å². The highest BCUT2D eigenvalue weighted by Crippen LogP contribution is 2.19. The van der Waals surface area contributed by atoms with Crippen molar-refractivity contribution in [2.24, 2.45) is 11.7 Å². The summed E-state index contributed by atoms with van der Waals surface area (Å²) in [5, 5.41) is 5.10. The summed E-state index contributed by atoms with van der Waals surface area (Å²) < 4.78 is 27.3. The fourth-order valence-electron chi connectivity index (χ4n) is 2.51. The SMILES string of the molecule is CCC(C)C(NC(N)=O)C(=O)Nc1ccc(S(=O)(=O)Nc2ccccc2)cc1. The summed E-state index contributed by atoms with van der Waals surface area (Å²) in [5.74, 6) is -0.548. The third-order valence-electron chi connectivity index (χ3n) is 4.25. The van der Waals surface area contributed by atoms with Crippen molar-refractivity contribution in [1.82, 2.24) is 5.32 Å². The molecule has 2 unspecified atom stereocenters. The molecule has 9 heteroatoms. The summed E-state index contributed by atoms with van der Waals surface area (Å²) in [5.41, 5.74) is 6.00. The lowest BCUT2D eigenvalue weighted by molar-refractivity contribution is -0.119. The molecule has 0 bridgehead atoms. The van der Waals surface area contributed by atoms with Crippen molar-refractivity contribution in [2.45, 2.75) is 31.2 Å². The quantitative estimate of drug-likeness (QED) is 0.538. The van der Waals surface area contributed by atoms with E-state index in [1.54, 1.807) is 30.3 Å². The molecule has 0 aliphatic carbocycles. The highest BCUT2D eigenvalue weighted by Gasteiger charge is 2.25. The van der Waals surface area contributed by atoms with Crippen molar-refractivity contribution in [1.29, 1.82) is 0 Å². The van der Waals surface area contributed by atoms with Crippen molar-refractivity contribution in [3.63, 3.8) is 0 Å². The van der Waals surface area contributed by atoms with E-state index in [1.165, 1.54) is 24.3 Å². The Kier molecular flexibility index (Phi) is 7.00. The predicted octanol–water partition coefficient (Wildman–Crippen LogP) is 2.51. The van der Waals surface area contributed by atoms with Crippen molar-refractivity contribution >= 4 is 33.3 Å². The van der Waals surface area contributed by atoms with Crippen LogP contribution in [-0.2, 0) is 14.8 Å². The third kappa shape index (κ3) is 5.71. The van der Waals surface area contributed by atoms with Crippen LogP contribution in [0.5, 0.6) is 0 Å². The number of urea groups is 1. The summed E-state index contributed by atoms with van der Waals surface area (Å²) in [7, 11) is -3.74. The lowest BCUT2D eigenvalue weighted by Crippen LogP contribution is -2.49. The Morgan fingerprint density at radius 2 is 1.61 bits per heavy atom. The molecule has 0 saturated heterocycles. The first-order chi connectivity index (χ1) is 13.2. The van der Waals surface area contributed by atoms with Gasteiger partial charge in [-0.3, -0.25) is 9.52 Å². The summed E-state index contributed by atoms with van der Waals surface area (Å²) in [6.07, 6.45) is 0.667. The number of nitrogens with two attached hydrogens (primary N) is 1. The highest BCUT2D eigenvalue weighted by atomic mass is 32.2. The smallest absolute Gasteiger partial charge is 0.312 e. The maximum atomic E-state index is 12.5. The van der Waals surface area contributed by atoms with E-state index in [1.807, 2.05) is 13.8 Å². The molecule has 0 spiro atoms. The molecule has 0 aliphatic rings. The Balaban J connectivity index is 2.11. The second-order valence-electron chi connectivity index (χ2n) is 6.36. The Morgan fingerprint density at radius 1 is 1.00 bits per heavy atom. The largest absolute Gasteiger partial charge is 0.352 e. The van der Waals surface area contributed by atoms with Gasteiger partial charge in [-0.2, -0.15) is 0 Å². The number of nitrogens with one attached hydrogen (secondary N) is 3. The van der Waals surface area contributed by atoms with E-state index < -0.39 is 28.0 Å². The molecule has 0 aliphatic heterocycles. The Morgan fingerprint density at radius 3 is 2.14 bits per heavy atom. The van der Waals surface area contributed by atoms with Gasteiger partial charge in [0.15, 0.2) is 0 Å². The van der Waals surface area contributed by atoms with E-state index in [0.717, 1.165) is 0 Å². The average Bonchev–Trinajstić information content (AvgIpc) is 2.66. The van der Waals surface area contributed by atoms with Crippen molar-refractivity contribution in [3.8, 4) is 0 Å². The van der Waals surface area contributed by atoms with Crippen LogP contribution in [0.2, 0.25) is 0 Å². The van der Waals surface area contributed by atoms with Gasteiger partial charge in [0.05, 0.1) is 4.90 Å². The van der Waals surface area contributed by atoms with Crippen LogP contribution >= 0.6 is 0 Å². The van der Waals surface area contributed by atoms with E-state index >= 15 is 0 Å². The topological polar surface area (TPSA) is 130 Å². The maximum Gasteiger partial charge on any atom is 0.312 e. The Labute approximate surface area is 164 Å². The lowest BCUT2D eigenvalue weighted by atomic mass is 9.98. The first-order valence-corrected chi connectivity index (χ1v) is 10.3. The van der Waals surface area contributed by atoms with Crippen LogP contribution in [0, 0.1) is 5.92 Å². The minimum absolute atomic E-state index is 0.0584. The molecule has 2 aromatic carbocycles. The molecule has 0 radical (unpaired) electrons. The van der Waals surface area contributed by atoms with Crippen LogP contribution < -0.4 is 21.1 Å². The van der Waals surface area contributed by atoms with Crippen LogP contribution in [0.15, 0.2) is 59.5 Å². The fourth-order valence-corrected chi connectivity index (χ4v) is 3.57. The number of sulfonamides is 1. The zero-order chi connectivity index (χ0) is 20.7. The van der Waals surface area contributed by atoms with Crippen LogP contribution in [0.1, 0.15) is 20.3 Å². The Bertz CT molecular complexity index is 915. The molecule has 0 aromatic heterocycles. The van der Waals surface area contributed by atoms with Crippen LogP contribution in [-0.4, -0.2) is 26.4 Å². The monoisotopic (exact) mass is 404 g/mol. The minimum atomic E-state index is -3.74. The molecule has 0 fully saturated rings. The number of primary amides is 1. The molecular weight excluding hydrogens is 380 g/mol. The number of hydrogen-bond acceptors (Lipinski definition) is 4. The number of para-hydroxylation sites is 1. The van der Waals surface area contributed by atoms with Gasteiger partial charge in [-0.1, -0.05) is 38.5 Å². The molecule has 8 nitrogen and oxygen atoms in total. The summed E-state index contributed by atoms with van der Waals surface area (Å²) in [6, 6.07) is 12.7. The fraction of sp³-hybridized carbons (Fsp3) is 0.263. The normalized spacial score (nSPS) is 13.2. The van der Waals surface area contributed by atoms with Crippen molar-refractivity contribution < 1.29 is 18.0 Å². The van der Waals surface area contributed by atoms with E-state index in [0.29, 0.717) is 17.8 Å². The average molecular weight is 404 g/mol. The van der Waals surface area contributed by atoms with E-state index in [-0.39, 0.29) is 10.8 Å². The predicted molar refractivity (Wildman–Crippen MR) is 108 cm³/mol. The molecule has 5 N–H and O–H groups in total. The van der Waals surface area contributed by atoms with Crippen LogP contribution in [0.4, 0.5) is 16.2 Å². The standard InChI is InChI=1S/C19H24N4O4S/c1-3-13(2)17(22-19(20)25)18(24)21-14-9-11-16(12-10-14)28(26,27)23-15-7-5-4-6-8-15/h4-13,17,23H,3H2,1-2H3,(H,21,24)(H3,20,22,25). The number of anilines is 2. The minimum Gasteiger partial charge on any atom is -0.352 e. The zero-order valence-electron chi connectivity index (χ0n) is 15.7. The van der Waals surface area contributed by atoms with Gasteiger partial charge in [0, 0.05) is 11.4 Å². The maximum absolute atomic E-state index is 12.5. The van der Waals surface area contributed by atoms with Crippen LogP contribution in [0.25, 0.3) is 0 Å². The molecular formula is C19H24N4O4S. The highest BCUT2D eigenvalue weighted by molar-refractivity contribution is 7.92. The Hall–Kier alpha value is -3.07. The summed E-state index contributed by atoms with van der Waals surface area (Å²) in [6.45, 7) is 3.72. The molecule has 3 amide bonds. The molecule has 2 rings (SSSR count). The van der Waals surface area contributed by atoms with Gasteiger partial charge in [0.25, 0.3) is 10.0 Å². The van der Waals surface area contributed by atoms with E-state index in [2.05, 4.69) is 15.4 Å². The summed E-state index contributed by atoms with van der Waals surface area (Å²) in [4.78, 5) is 23.7. The lowest BCUT2D eigenvalue weighted by Gasteiger charge is -2.22. The number of amides is 3. The van der Waals surface area contributed by atoms with Gasteiger partial charge < -0.3 is 16.4 Å². The number of carbonyl (C=O) groups is 2. The second kappa shape index (κ2) is 9.23. The van der Waals surface area contributed by atoms with Crippen molar-refractivity contribution in [3.05, 3.63) is 54.6 Å². The van der Waals surface area contributed by atoms with Crippen molar-refractivity contribution in [2.75, 3.05) is 10.0 Å². The van der Waals surface area contributed by atoms with E-state index in [4.69, 9.17) is 5.73 Å². The molecule has 150 valence electrons. The van der Waals surface area contributed by atoms with Gasteiger partial charge in [-0.25, -0.2) is 13.2 Å². The number of carbonyl (C=O) groups excluding carboxylic acids is 2. The van der Waals surface area contributed by atoms with Gasteiger partial charge in [0.2, 0.25) is 5.91 Å².